The maximum absolute atomic E-state index is 11.4. The van der Waals surface area contributed by atoms with E-state index in [4.69, 9.17) is 4.74 Å². The summed E-state index contributed by atoms with van der Waals surface area (Å²) in [5, 5.41) is 8.03. The summed E-state index contributed by atoms with van der Waals surface area (Å²) in [5.74, 6) is 1.09. The molecule has 7 nitrogen and oxygen atoms in total. The summed E-state index contributed by atoms with van der Waals surface area (Å²) in [7, 11) is 1.77. The van der Waals surface area contributed by atoms with Gasteiger partial charge in [-0.3, -0.25) is 9.20 Å². The molecule has 0 saturated carbocycles. The number of carbonyl (C=O) groups is 1. The largest absolute Gasteiger partial charge is 0.465 e. The lowest BCUT2D eigenvalue weighted by Crippen LogP contribution is -2.28. The van der Waals surface area contributed by atoms with Gasteiger partial charge in [-0.05, 0) is 13.8 Å². The molecule has 0 bridgehead atoms. The molecule has 0 aliphatic heterocycles. The van der Waals surface area contributed by atoms with Crippen LogP contribution >= 0.6 is 0 Å². The van der Waals surface area contributed by atoms with Crippen LogP contribution in [0.5, 0.6) is 0 Å². The normalized spacial score (nSPS) is 10.6. The van der Waals surface area contributed by atoms with E-state index in [2.05, 4.69) is 15.2 Å². The lowest BCUT2D eigenvalue weighted by atomic mass is 10.5. The van der Waals surface area contributed by atoms with Crippen LogP contribution in [0.4, 0.5) is 5.82 Å². The van der Waals surface area contributed by atoms with Gasteiger partial charge in [0.1, 0.15) is 12.4 Å². The zero-order chi connectivity index (χ0) is 13.1. The first kappa shape index (κ1) is 12.3. The maximum atomic E-state index is 11.4. The van der Waals surface area contributed by atoms with E-state index in [0.29, 0.717) is 18.1 Å². The Morgan fingerprint density at radius 1 is 1.50 bits per heavy atom. The second kappa shape index (κ2) is 4.99. The van der Waals surface area contributed by atoms with Crippen LogP contribution in [0.25, 0.3) is 5.65 Å². The van der Waals surface area contributed by atoms with Gasteiger partial charge in [-0.1, -0.05) is 0 Å². The Morgan fingerprint density at radius 2 is 2.28 bits per heavy atom. The molecule has 7 heteroatoms. The van der Waals surface area contributed by atoms with E-state index >= 15 is 0 Å². The number of rotatable bonds is 4. The molecule has 2 aromatic heterocycles. The van der Waals surface area contributed by atoms with Crippen LogP contribution in [-0.4, -0.2) is 45.8 Å². The zero-order valence-corrected chi connectivity index (χ0v) is 10.6. The summed E-state index contributed by atoms with van der Waals surface area (Å²) in [5.41, 5.74) is 0.627. The van der Waals surface area contributed by atoms with Crippen LogP contribution in [-0.2, 0) is 9.53 Å². The Labute approximate surface area is 104 Å². The van der Waals surface area contributed by atoms with Crippen molar-refractivity contribution >= 4 is 17.4 Å². The molecule has 0 amide bonds. The first-order valence-electron chi connectivity index (χ1n) is 5.66. The van der Waals surface area contributed by atoms with Gasteiger partial charge in [0.25, 0.3) is 0 Å². The first-order chi connectivity index (χ1) is 8.63. The fraction of sp³-hybridized carbons (Fsp3) is 0.455. The monoisotopic (exact) mass is 249 g/mol. The van der Waals surface area contributed by atoms with Crippen molar-refractivity contribution in [3.05, 3.63) is 18.2 Å². The van der Waals surface area contributed by atoms with E-state index in [1.165, 1.54) is 0 Å². The summed E-state index contributed by atoms with van der Waals surface area (Å²) in [6, 6.07) is 0. The van der Waals surface area contributed by atoms with Crippen LogP contribution in [0.2, 0.25) is 0 Å². The van der Waals surface area contributed by atoms with E-state index in [1.54, 1.807) is 31.3 Å². The molecule has 0 atom stereocenters. The average molecular weight is 249 g/mol. The molecular formula is C11H15N5O2. The Kier molecular flexibility index (Phi) is 3.40. The lowest BCUT2D eigenvalue weighted by Gasteiger charge is -2.16. The second-order valence-corrected chi connectivity index (χ2v) is 3.85. The van der Waals surface area contributed by atoms with Gasteiger partial charge in [-0.15, -0.1) is 10.2 Å². The van der Waals surface area contributed by atoms with Gasteiger partial charge in [0.05, 0.1) is 6.61 Å². The third kappa shape index (κ3) is 2.24. The summed E-state index contributed by atoms with van der Waals surface area (Å²) in [6.07, 6.45) is 3.44. The molecule has 2 aromatic rings. The van der Waals surface area contributed by atoms with Crippen molar-refractivity contribution in [1.29, 1.82) is 0 Å². The topological polar surface area (TPSA) is 72.6 Å². The quantitative estimate of drug-likeness (QED) is 0.732. The molecule has 0 aliphatic carbocycles. The SMILES string of the molecule is CCOC(=O)CN(C)c1nccn2c(C)nnc12. The molecule has 0 radical (unpaired) electrons. The van der Waals surface area contributed by atoms with Gasteiger partial charge in [0, 0.05) is 19.4 Å². The van der Waals surface area contributed by atoms with E-state index in [0.717, 1.165) is 5.82 Å². The number of hydrogen-bond acceptors (Lipinski definition) is 6. The number of esters is 1. The highest BCUT2D eigenvalue weighted by Crippen LogP contribution is 2.15. The summed E-state index contributed by atoms with van der Waals surface area (Å²) in [6.45, 7) is 4.13. The number of nitrogens with zero attached hydrogens (tertiary/aromatic N) is 5. The van der Waals surface area contributed by atoms with E-state index in [-0.39, 0.29) is 12.5 Å². The third-order valence-electron chi connectivity index (χ3n) is 2.51. The second-order valence-electron chi connectivity index (χ2n) is 3.85. The molecule has 0 aliphatic rings. The minimum Gasteiger partial charge on any atom is -0.465 e. The summed E-state index contributed by atoms with van der Waals surface area (Å²) >= 11 is 0. The van der Waals surface area contributed by atoms with Crippen molar-refractivity contribution < 1.29 is 9.53 Å². The average Bonchev–Trinajstić information content (AvgIpc) is 2.71. The molecular weight excluding hydrogens is 234 g/mol. The Morgan fingerprint density at radius 3 is 3.00 bits per heavy atom. The van der Waals surface area contributed by atoms with Crippen LogP contribution in [0.15, 0.2) is 12.4 Å². The molecule has 0 spiro atoms. The Bertz CT molecular complexity index is 566. The highest BCUT2D eigenvalue weighted by atomic mass is 16.5. The minimum atomic E-state index is -0.292. The highest BCUT2D eigenvalue weighted by molar-refractivity contribution is 5.77. The molecule has 2 heterocycles. The number of hydrogen-bond donors (Lipinski definition) is 0. The predicted molar refractivity (Wildman–Crippen MR) is 65.4 cm³/mol. The molecule has 2 rings (SSSR count). The number of carbonyl (C=O) groups excluding carboxylic acids is 1. The fourth-order valence-corrected chi connectivity index (χ4v) is 1.67. The van der Waals surface area contributed by atoms with E-state index < -0.39 is 0 Å². The van der Waals surface area contributed by atoms with Crippen LogP contribution in [0, 0.1) is 6.92 Å². The predicted octanol–water partition coefficient (Wildman–Crippen LogP) is 0.432. The van der Waals surface area contributed by atoms with Gasteiger partial charge >= 0.3 is 5.97 Å². The summed E-state index contributed by atoms with van der Waals surface area (Å²) < 4.78 is 6.72. The van der Waals surface area contributed by atoms with Gasteiger partial charge < -0.3 is 9.64 Å². The molecule has 0 fully saturated rings. The third-order valence-corrected chi connectivity index (χ3v) is 2.51. The lowest BCUT2D eigenvalue weighted by molar-refractivity contribution is -0.141. The van der Waals surface area contributed by atoms with Gasteiger partial charge in [-0.25, -0.2) is 4.98 Å². The van der Waals surface area contributed by atoms with Crippen LogP contribution in [0.1, 0.15) is 12.7 Å². The van der Waals surface area contributed by atoms with Crippen molar-refractivity contribution in [3.63, 3.8) is 0 Å². The maximum Gasteiger partial charge on any atom is 0.325 e. The molecule has 0 unspecified atom stereocenters. The van der Waals surface area contributed by atoms with Crippen LogP contribution in [0.3, 0.4) is 0 Å². The molecule has 0 saturated heterocycles. The fourth-order valence-electron chi connectivity index (χ4n) is 1.67. The standard InChI is InChI=1S/C11H15N5O2/c1-4-18-9(17)7-15(3)10-11-14-13-8(2)16(11)6-5-12-10/h5-6H,4,7H2,1-3H3. The Balaban J connectivity index is 2.27. The van der Waals surface area contributed by atoms with Crippen molar-refractivity contribution in [2.24, 2.45) is 0 Å². The molecule has 0 N–H and O–H groups in total. The highest BCUT2D eigenvalue weighted by Gasteiger charge is 2.14. The number of aryl methyl sites for hydroxylation is 1. The number of ether oxygens (including phenoxy) is 1. The van der Waals surface area contributed by atoms with Crippen molar-refractivity contribution in [3.8, 4) is 0 Å². The van der Waals surface area contributed by atoms with Crippen molar-refractivity contribution in [1.82, 2.24) is 19.6 Å². The number of anilines is 1. The van der Waals surface area contributed by atoms with Crippen molar-refractivity contribution in [2.45, 2.75) is 13.8 Å². The van der Waals surface area contributed by atoms with Gasteiger partial charge in [0.2, 0.25) is 5.65 Å². The Hall–Kier alpha value is -2.18. The minimum absolute atomic E-state index is 0.131. The van der Waals surface area contributed by atoms with Crippen LogP contribution < -0.4 is 4.90 Å². The molecule has 0 aromatic carbocycles. The summed E-state index contributed by atoms with van der Waals surface area (Å²) in [4.78, 5) is 17.4. The van der Waals surface area contributed by atoms with Gasteiger partial charge in [0.15, 0.2) is 5.82 Å². The van der Waals surface area contributed by atoms with E-state index in [9.17, 15) is 4.79 Å². The smallest absolute Gasteiger partial charge is 0.325 e. The van der Waals surface area contributed by atoms with Crippen molar-refractivity contribution in [2.75, 3.05) is 25.1 Å². The number of likely N-dealkylation sites (N-methyl/N-ethyl adjacent to an activating group) is 1. The number of aromatic nitrogens is 4. The first-order valence-corrected chi connectivity index (χ1v) is 5.66. The van der Waals surface area contributed by atoms with Gasteiger partial charge in [-0.2, -0.15) is 0 Å². The molecule has 96 valence electrons. The van der Waals surface area contributed by atoms with E-state index in [1.807, 2.05) is 11.3 Å². The number of fused-ring (bicyclic) bond motifs is 1. The molecule has 18 heavy (non-hydrogen) atoms. The zero-order valence-electron chi connectivity index (χ0n) is 10.6.